The highest BCUT2D eigenvalue weighted by atomic mass is 16.6. The van der Waals surface area contributed by atoms with Crippen molar-refractivity contribution in [3.8, 4) is 17.1 Å². The van der Waals surface area contributed by atoms with Gasteiger partial charge in [0, 0.05) is 5.56 Å². The number of pyridine rings is 1. The van der Waals surface area contributed by atoms with E-state index in [0.29, 0.717) is 17.7 Å². The van der Waals surface area contributed by atoms with Crippen LogP contribution < -0.4 is 4.74 Å². The smallest absolute Gasteiger partial charge is 0.347 e. The van der Waals surface area contributed by atoms with Crippen molar-refractivity contribution in [2.45, 2.75) is 20.0 Å². The molecule has 0 fully saturated rings. The second-order valence-electron chi connectivity index (χ2n) is 4.92. The normalized spacial score (nSPS) is 12.1. The van der Waals surface area contributed by atoms with Gasteiger partial charge in [0.25, 0.3) is 11.6 Å². The Morgan fingerprint density at radius 2 is 2.00 bits per heavy atom. The van der Waals surface area contributed by atoms with Gasteiger partial charge in [-0.15, -0.1) is 0 Å². The molecule has 6 nitrogen and oxygen atoms in total. The molecule has 2 heterocycles. The molecule has 0 aliphatic rings. The van der Waals surface area contributed by atoms with E-state index in [1.54, 1.807) is 13.8 Å². The number of esters is 1. The van der Waals surface area contributed by atoms with Crippen molar-refractivity contribution in [2.75, 3.05) is 6.61 Å². The first-order valence-corrected chi connectivity index (χ1v) is 7.34. The Kier molecular flexibility index (Phi) is 4.23. The fraction of sp³-hybridized carbons (Fsp3) is 0.235. The zero-order valence-corrected chi connectivity index (χ0v) is 12.9. The van der Waals surface area contributed by atoms with Crippen molar-refractivity contribution < 1.29 is 18.8 Å². The summed E-state index contributed by atoms with van der Waals surface area (Å²) in [6.45, 7) is 3.64. The van der Waals surface area contributed by atoms with E-state index in [1.807, 2.05) is 42.5 Å². The van der Waals surface area contributed by atoms with Gasteiger partial charge in [-0.3, -0.25) is 0 Å². The summed E-state index contributed by atoms with van der Waals surface area (Å²) in [7, 11) is 0. The van der Waals surface area contributed by atoms with E-state index >= 15 is 0 Å². The lowest BCUT2D eigenvalue weighted by atomic mass is 10.1. The van der Waals surface area contributed by atoms with Crippen LogP contribution in [-0.2, 0) is 9.53 Å². The number of rotatable bonds is 5. The summed E-state index contributed by atoms with van der Waals surface area (Å²) < 4.78 is 15.6. The summed E-state index contributed by atoms with van der Waals surface area (Å²) in [4.78, 5) is 16.1. The van der Waals surface area contributed by atoms with Crippen molar-refractivity contribution in [1.82, 2.24) is 10.1 Å². The largest absolute Gasteiger partial charge is 0.463 e. The molecule has 0 spiro atoms. The molecule has 1 aromatic carbocycles. The third-order valence-corrected chi connectivity index (χ3v) is 3.28. The predicted octanol–water partition coefficient (Wildman–Crippen LogP) is 3.22. The van der Waals surface area contributed by atoms with Gasteiger partial charge >= 0.3 is 5.97 Å². The fourth-order valence-electron chi connectivity index (χ4n) is 2.14. The second-order valence-corrected chi connectivity index (χ2v) is 4.92. The first kappa shape index (κ1) is 15.0. The Hall–Kier alpha value is -2.89. The minimum Gasteiger partial charge on any atom is -0.463 e. The topological polar surface area (TPSA) is 74.5 Å². The lowest BCUT2D eigenvalue weighted by Crippen LogP contribution is -2.26. The number of benzene rings is 1. The molecule has 0 bridgehead atoms. The van der Waals surface area contributed by atoms with Crippen LogP contribution in [0.3, 0.4) is 0 Å². The number of aromatic nitrogens is 2. The number of ether oxygens (including phenoxy) is 2. The van der Waals surface area contributed by atoms with E-state index < -0.39 is 12.1 Å². The zero-order chi connectivity index (χ0) is 16.2. The molecule has 0 radical (unpaired) electrons. The quantitative estimate of drug-likeness (QED) is 0.673. The van der Waals surface area contributed by atoms with E-state index in [0.717, 1.165) is 11.3 Å². The fourth-order valence-corrected chi connectivity index (χ4v) is 2.14. The van der Waals surface area contributed by atoms with Crippen molar-refractivity contribution >= 4 is 17.1 Å². The Morgan fingerprint density at radius 1 is 1.22 bits per heavy atom. The van der Waals surface area contributed by atoms with Gasteiger partial charge in [0.2, 0.25) is 0 Å². The molecule has 0 unspecified atom stereocenters. The molecule has 0 saturated heterocycles. The molecular formula is C17H16N2O4. The number of nitrogens with zero attached hydrogens (tertiary/aromatic N) is 2. The van der Waals surface area contributed by atoms with E-state index in [4.69, 9.17) is 14.0 Å². The average Bonchev–Trinajstić information content (AvgIpc) is 2.98. The SMILES string of the molecule is CCOC(=O)[C@@H](C)Oc1noc2nc(-c3ccccc3)ccc12. The number of carbonyl (C=O) groups is 1. The maximum atomic E-state index is 11.6. The van der Waals surface area contributed by atoms with Gasteiger partial charge in [-0.05, 0) is 31.1 Å². The molecule has 0 amide bonds. The van der Waals surface area contributed by atoms with Gasteiger partial charge in [-0.25, -0.2) is 9.78 Å². The molecule has 6 heteroatoms. The van der Waals surface area contributed by atoms with Crippen molar-refractivity contribution in [2.24, 2.45) is 0 Å². The number of fused-ring (bicyclic) bond motifs is 1. The summed E-state index contributed by atoms with van der Waals surface area (Å²) in [5.41, 5.74) is 2.12. The minimum absolute atomic E-state index is 0.229. The summed E-state index contributed by atoms with van der Waals surface area (Å²) >= 11 is 0. The lowest BCUT2D eigenvalue weighted by Gasteiger charge is -2.10. The van der Waals surface area contributed by atoms with Gasteiger partial charge in [0.15, 0.2) is 6.10 Å². The predicted molar refractivity (Wildman–Crippen MR) is 84.0 cm³/mol. The van der Waals surface area contributed by atoms with Gasteiger partial charge in [-0.1, -0.05) is 30.3 Å². The molecule has 23 heavy (non-hydrogen) atoms. The molecule has 0 saturated carbocycles. The van der Waals surface area contributed by atoms with Crippen LogP contribution in [0.25, 0.3) is 22.4 Å². The Morgan fingerprint density at radius 3 is 2.74 bits per heavy atom. The molecule has 3 rings (SSSR count). The van der Waals surface area contributed by atoms with Crippen LogP contribution in [0.15, 0.2) is 47.0 Å². The Labute approximate surface area is 133 Å². The first-order chi connectivity index (χ1) is 11.2. The van der Waals surface area contributed by atoms with Crippen LogP contribution in [0.4, 0.5) is 0 Å². The Bertz CT molecular complexity index is 814. The van der Waals surface area contributed by atoms with Crippen LogP contribution in [0.5, 0.6) is 5.88 Å². The van der Waals surface area contributed by atoms with E-state index in [-0.39, 0.29) is 5.88 Å². The molecule has 3 aromatic rings. The molecule has 0 aliphatic heterocycles. The Balaban J connectivity index is 1.86. The highest BCUT2D eigenvalue weighted by molar-refractivity contribution is 5.82. The first-order valence-electron chi connectivity index (χ1n) is 7.34. The van der Waals surface area contributed by atoms with E-state index in [2.05, 4.69) is 10.1 Å². The number of carbonyl (C=O) groups excluding carboxylic acids is 1. The van der Waals surface area contributed by atoms with Crippen LogP contribution >= 0.6 is 0 Å². The van der Waals surface area contributed by atoms with Crippen LogP contribution in [0.2, 0.25) is 0 Å². The molecule has 0 aliphatic carbocycles. The maximum absolute atomic E-state index is 11.6. The standard InChI is InChI=1S/C17H16N2O4/c1-3-21-17(20)11(2)22-16-13-9-10-14(18-15(13)23-19-16)12-7-5-4-6-8-12/h4-11H,3H2,1-2H3/t11-/m1/s1. The minimum atomic E-state index is -0.767. The van der Waals surface area contributed by atoms with Crippen molar-refractivity contribution in [3.63, 3.8) is 0 Å². The number of hydrogen-bond acceptors (Lipinski definition) is 6. The van der Waals surface area contributed by atoms with Gasteiger partial charge < -0.3 is 14.0 Å². The summed E-state index contributed by atoms with van der Waals surface area (Å²) in [6.07, 6.45) is -0.767. The highest BCUT2D eigenvalue weighted by Gasteiger charge is 2.20. The van der Waals surface area contributed by atoms with Gasteiger partial charge in [0.05, 0.1) is 12.3 Å². The zero-order valence-electron chi connectivity index (χ0n) is 12.9. The van der Waals surface area contributed by atoms with Crippen molar-refractivity contribution in [3.05, 3.63) is 42.5 Å². The summed E-state index contributed by atoms with van der Waals surface area (Å²) in [5.74, 6) is -0.217. The molecule has 118 valence electrons. The molecule has 1 atom stereocenters. The van der Waals surface area contributed by atoms with Gasteiger partial charge in [-0.2, -0.15) is 0 Å². The number of hydrogen-bond donors (Lipinski definition) is 0. The van der Waals surface area contributed by atoms with E-state index in [9.17, 15) is 4.79 Å². The van der Waals surface area contributed by atoms with Gasteiger partial charge in [0.1, 0.15) is 5.39 Å². The van der Waals surface area contributed by atoms with E-state index in [1.165, 1.54) is 0 Å². The van der Waals surface area contributed by atoms with Crippen LogP contribution in [0, 0.1) is 0 Å². The van der Waals surface area contributed by atoms with Crippen LogP contribution in [0.1, 0.15) is 13.8 Å². The highest BCUT2D eigenvalue weighted by Crippen LogP contribution is 2.27. The second kappa shape index (κ2) is 6.48. The maximum Gasteiger partial charge on any atom is 0.347 e. The third kappa shape index (κ3) is 3.15. The lowest BCUT2D eigenvalue weighted by molar-refractivity contribution is -0.150. The van der Waals surface area contributed by atoms with Crippen molar-refractivity contribution in [1.29, 1.82) is 0 Å². The third-order valence-electron chi connectivity index (χ3n) is 3.28. The summed E-state index contributed by atoms with van der Waals surface area (Å²) in [6, 6.07) is 13.4. The molecule has 2 aromatic heterocycles. The monoisotopic (exact) mass is 312 g/mol. The summed E-state index contributed by atoms with van der Waals surface area (Å²) in [5, 5.41) is 4.46. The molecular weight excluding hydrogens is 296 g/mol. The van der Waals surface area contributed by atoms with Crippen LogP contribution in [-0.4, -0.2) is 28.8 Å². The molecule has 0 N–H and O–H groups in total. The average molecular weight is 312 g/mol.